The first kappa shape index (κ1) is 17.8. The molecule has 2 N–H and O–H groups in total. The minimum absolute atomic E-state index is 0.0617. The van der Waals surface area contributed by atoms with Crippen molar-refractivity contribution < 1.29 is 14.5 Å². The van der Waals surface area contributed by atoms with E-state index in [9.17, 15) is 19.7 Å². The van der Waals surface area contributed by atoms with Crippen LogP contribution in [0.15, 0.2) is 12.1 Å². The summed E-state index contributed by atoms with van der Waals surface area (Å²) in [6.07, 6.45) is 3.61. The van der Waals surface area contributed by atoms with Gasteiger partial charge in [-0.1, -0.05) is 11.3 Å². The van der Waals surface area contributed by atoms with Crippen molar-refractivity contribution in [2.45, 2.75) is 31.7 Å². The van der Waals surface area contributed by atoms with E-state index in [4.69, 9.17) is 0 Å². The van der Waals surface area contributed by atoms with Crippen LogP contribution in [0.2, 0.25) is 0 Å². The number of thiophene rings is 1. The van der Waals surface area contributed by atoms with E-state index in [-0.39, 0.29) is 16.8 Å². The first-order chi connectivity index (χ1) is 12.1. The Morgan fingerprint density at radius 2 is 2.20 bits per heavy atom. The molecule has 1 aromatic heterocycles. The van der Waals surface area contributed by atoms with Crippen LogP contribution in [0.5, 0.6) is 0 Å². The molecule has 0 bridgehead atoms. The van der Waals surface area contributed by atoms with Gasteiger partial charge in [-0.15, -0.1) is 0 Å². The van der Waals surface area contributed by atoms with Crippen LogP contribution in [-0.4, -0.2) is 53.9 Å². The lowest BCUT2D eigenvalue weighted by Crippen LogP contribution is -2.48. The quantitative estimate of drug-likeness (QED) is 0.605. The van der Waals surface area contributed by atoms with Crippen LogP contribution < -0.4 is 10.6 Å². The summed E-state index contributed by atoms with van der Waals surface area (Å²) in [6.45, 7) is 3.07. The Balaban J connectivity index is 1.59. The number of nitrogens with zero attached hydrogens (tertiary/aromatic N) is 2. The fourth-order valence-electron chi connectivity index (χ4n) is 3.43. The summed E-state index contributed by atoms with van der Waals surface area (Å²) >= 11 is 0.856. The molecule has 2 fully saturated rings. The summed E-state index contributed by atoms with van der Waals surface area (Å²) in [5, 5.41) is 17.0. The van der Waals surface area contributed by atoms with Gasteiger partial charge in [0.1, 0.15) is 6.04 Å². The van der Waals surface area contributed by atoms with Gasteiger partial charge in [0, 0.05) is 19.2 Å². The van der Waals surface area contributed by atoms with Gasteiger partial charge in [0.2, 0.25) is 5.91 Å². The monoisotopic (exact) mass is 366 g/mol. The van der Waals surface area contributed by atoms with E-state index in [1.807, 2.05) is 0 Å². The van der Waals surface area contributed by atoms with Gasteiger partial charge in [-0.3, -0.25) is 19.7 Å². The van der Waals surface area contributed by atoms with Gasteiger partial charge >= 0.3 is 5.00 Å². The van der Waals surface area contributed by atoms with Crippen molar-refractivity contribution in [3.05, 3.63) is 27.1 Å². The van der Waals surface area contributed by atoms with E-state index in [1.54, 1.807) is 4.90 Å². The standard InChI is InChI=1S/C16H22N4O4S/c21-15(18-10-11-3-1-7-17-9-11)12-4-2-8-19(12)16(22)13-5-6-14(25-13)20(23)24/h5-6,11-12,17H,1-4,7-10H2,(H,18,21). The number of rotatable bonds is 5. The SMILES string of the molecule is O=C(NCC1CCCNC1)C1CCCN1C(=O)c1ccc([N+](=O)[O-])s1. The Kier molecular flexibility index (Phi) is 5.64. The number of piperidine rings is 1. The smallest absolute Gasteiger partial charge is 0.324 e. The van der Waals surface area contributed by atoms with E-state index in [2.05, 4.69) is 10.6 Å². The van der Waals surface area contributed by atoms with Crippen molar-refractivity contribution in [3.8, 4) is 0 Å². The molecule has 3 heterocycles. The van der Waals surface area contributed by atoms with Crippen molar-refractivity contribution in [3.63, 3.8) is 0 Å². The molecular formula is C16H22N4O4S. The highest BCUT2D eigenvalue weighted by atomic mass is 32.1. The maximum atomic E-state index is 12.6. The lowest BCUT2D eigenvalue weighted by atomic mass is 9.99. The first-order valence-electron chi connectivity index (χ1n) is 8.60. The molecule has 0 spiro atoms. The third kappa shape index (κ3) is 4.16. The average Bonchev–Trinajstić information content (AvgIpc) is 3.29. The summed E-state index contributed by atoms with van der Waals surface area (Å²) in [7, 11) is 0. The van der Waals surface area contributed by atoms with Gasteiger partial charge in [-0.25, -0.2) is 0 Å². The second kappa shape index (κ2) is 7.92. The van der Waals surface area contributed by atoms with Crippen LogP contribution in [0.4, 0.5) is 5.00 Å². The minimum Gasteiger partial charge on any atom is -0.354 e. The van der Waals surface area contributed by atoms with E-state index >= 15 is 0 Å². The Labute approximate surface area is 149 Å². The number of hydrogen-bond donors (Lipinski definition) is 2. The van der Waals surface area contributed by atoms with Crippen LogP contribution in [0.1, 0.15) is 35.4 Å². The summed E-state index contributed by atoms with van der Waals surface area (Å²) in [5.74, 6) is 0.0146. The fourth-order valence-corrected chi connectivity index (χ4v) is 4.20. The fraction of sp³-hybridized carbons (Fsp3) is 0.625. The van der Waals surface area contributed by atoms with Crippen molar-refractivity contribution in [2.24, 2.45) is 5.92 Å². The minimum atomic E-state index is -0.506. The van der Waals surface area contributed by atoms with Crippen LogP contribution in [0, 0.1) is 16.0 Å². The van der Waals surface area contributed by atoms with E-state index in [0.717, 1.165) is 43.7 Å². The molecule has 1 aromatic rings. The summed E-state index contributed by atoms with van der Waals surface area (Å²) in [6, 6.07) is 2.32. The third-order valence-electron chi connectivity index (χ3n) is 4.76. The van der Waals surface area contributed by atoms with E-state index < -0.39 is 11.0 Å². The Morgan fingerprint density at radius 3 is 2.88 bits per heavy atom. The topological polar surface area (TPSA) is 105 Å². The highest BCUT2D eigenvalue weighted by molar-refractivity contribution is 7.17. The zero-order valence-corrected chi connectivity index (χ0v) is 14.7. The molecule has 0 aromatic carbocycles. The number of carbonyl (C=O) groups is 2. The normalized spacial score (nSPS) is 23.4. The molecule has 2 saturated heterocycles. The molecule has 2 aliphatic rings. The molecule has 0 saturated carbocycles. The molecule has 2 atom stereocenters. The Hall–Kier alpha value is -2.00. The Morgan fingerprint density at radius 1 is 1.36 bits per heavy atom. The molecule has 0 radical (unpaired) electrons. The third-order valence-corrected chi connectivity index (χ3v) is 5.79. The van der Waals surface area contributed by atoms with Crippen molar-refractivity contribution in [1.29, 1.82) is 0 Å². The summed E-state index contributed by atoms with van der Waals surface area (Å²) < 4.78 is 0. The average molecular weight is 366 g/mol. The lowest BCUT2D eigenvalue weighted by molar-refractivity contribution is -0.380. The molecule has 2 aliphatic heterocycles. The van der Waals surface area contributed by atoms with Gasteiger partial charge in [0.05, 0.1) is 9.80 Å². The molecule has 3 rings (SSSR count). The summed E-state index contributed by atoms with van der Waals surface area (Å²) in [5.41, 5.74) is 0. The maximum Gasteiger partial charge on any atom is 0.324 e. The van der Waals surface area contributed by atoms with Gasteiger partial charge in [0.15, 0.2) is 0 Å². The van der Waals surface area contributed by atoms with E-state index in [0.29, 0.717) is 30.3 Å². The summed E-state index contributed by atoms with van der Waals surface area (Å²) in [4.78, 5) is 37.3. The molecule has 0 aliphatic carbocycles. The van der Waals surface area contributed by atoms with Crippen LogP contribution in [0.3, 0.4) is 0 Å². The molecule has 2 amide bonds. The number of nitro groups is 1. The largest absolute Gasteiger partial charge is 0.354 e. The zero-order valence-electron chi connectivity index (χ0n) is 13.9. The molecular weight excluding hydrogens is 344 g/mol. The first-order valence-corrected chi connectivity index (χ1v) is 9.41. The predicted molar refractivity (Wildman–Crippen MR) is 93.6 cm³/mol. The number of amides is 2. The van der Waals surface area contributed by atoms with Gasteiger partial charge in [-0.2, -0.15) is 0 Å². The van der Waals surface area contributed by atoms with Crippen LogP contribution in [0.25, 0.3) is 0 Å². The van der Waals surface area contributed by atoms with Crippen molar-refractivity contribution >= 4 is 28.2 Å². The number of hydrogen-bond acceptors (Lipinski definition) is 6. The second-order valence-electron chi connectivity index (χ2n) is 6.51. The second-order valence-corrected chi connectivity index (χ2v) is 7.57. The highest BCUT2D eigenvalue weighted by Gasteiger charge is 2.35. The molecule has 9 heteroatoms. The predicted octanol–water partition coefficient (Wildman–Crippen LogP) is 1.38. The lowest BCUT2D eigenvalue weighted by Gasteiger charge is -2.26. The molecule has 136 valence electrons. The van der Waals surface area contributed by atoms with E-state index in [1.165, 1.54) is 12.1 Å². The molecule has 25 heavy (non-hydrogen) atoms. The molecule has 2 unspecified atom stereocenters. The number of carbonyl (C=O) groups excluding carboxylic acids is 2. The Bertz CT molecular complexity index is 656. The van der Waals surface area contributed by atoms with Crippen LogP contribution >= 0.6 is 11.3 Å². The van der Waals surface area contributed by atoms with Gasteiger partial charge in [-0.05, 0) is 50.8 Å². The zero-order chi connectivity index (χ0) is 17.8. The maximum absolute atomic E-state index is 12.6. The van der Waals surface area contributed by atoms with Gasteiger partial charge in [0.25, 0.3) is 5.91 Å². The van der Waals surface area contributed by atoms with Crippen molar-refractivity contribution in [1.82, 2.24) is 15.5 Å². The van der Waals surface area contributed by atoms with Crippen molar-refractivity contribution in [2.75, 3.05) is 26.2 Å². The van der Waals surface area contributed by atoms with Gasteiger partial charge < -0.3 is 15.5 Å². The number of likely N-dealkylation sites (tertiary alicyclic amines) is 1. The van der Waals surface area contributed by atoms with Crippen LogP contribution in [-0.2, 0) is 4.79 Å². The molecule has 8 nitrogen and oxygen atoms in total. The highest BCUT2D eigenvalue weighted by Crippen LogP contribution is 2.28. The number of nitrogens with one attached hydrogen (secondary N) is 2.